The van der Waals surface area contributed by atoms with Gasteiger partial charge in [0.25, 0.3) is 5.91 Å². The van der Waals surface area contributed by atoms with Gasteiger partial charge in [-0.2, -0.15) is 0 Å². The van der Waals surface area contributed by atoms with Gasteiger partial charge >= 0.3 is 0 Å². The van der Waals surface area contributed by atoms with Gasteiger partial charge in [-0.1, -0.05) is 24.3 Å². The lowest BCUT2D eigenvalue weighted by atomic mass is 9.94. The van der Waals surface area contributed by atoms with Gasteiger partial charge in [0.1, 0.15) is 11.8 Å². The molecule has 0 radical (unpaired) electrons. The molecule has 1 aromatic carbocycles. The summed E-state index contributed by atoms with van der Waals surface area (Å²) in [5.41, 5.74) is 1.53. The van der Waals surface area contributed by atoms with Crippen LogP contribution in [0.2, 0.25) is 0 Å². The van der Waals surface area contributed by atoms with E-state index in [9.17, 15) is 14.7 Å². The molecular weight excluding hydrogens is 460 g/mol. The molecule has 5 rings (SSSR count). The zero-order valence-corrected chi connectivity index (χ0v) is 20.4. The van der Waals surface area contributed by atoms with E-state index in [1.54, 1.807) is 29.3 Å². The molecule has 0 spiro atoms. The molecule has 4 heterocycles. The molecule has 9 nitrogen and oxygen atoms in total. The predicted molar refractivity (Wildman–Crippen MR) is 134 cm³/mol. The molecule has 3 aliphatic rings. The number of pyridine rings is 1. The van der Waals surface area contributed by atoms with Gasteiger partial charge in [-0.25, -0.2) is 0 Å². The van der Waals surface area contributed by atoms with E-state index < -0.39 is 6.10 Å². The SMILES string of the molecule is O=C(C[C@H]1CC[C@H]2[C@@H](COC[C@@H](O)CN2C(=O)c2ccccn2)O1)N1CCN(c2ccccc2)CC1. The number of para-hydroxylation sites is 1. The first-order chi connectivity index (χ1) is 17.6. The lowest BCUT2D eigenvalue weighted by Crippen LogP contribution is -2.58. The molecule has 2 amide bonds. The monoisotopic (exact) mass is 494 g/mol. The third-order valence-electron chi connectivity index (χ3n) is 7.28. The zero-order valence-electron chi connectivity index (χ0n) is 20.4. The van der Waals surface area contributed by atoms with E-state index in [4.69, 9.17) is 9.47 Å². The van der Waals surface area contributed by atoms with Crippen LogP contribution < -0.4 is 4.90 Å². The Kier molecular flexibility index (Phi) is 7.79. The van der Waals surface area contributed by atoms with Gasteiger partial charge in [-0.3, -0.25) is 14.6 Å². The first-order valence-electron chi connectivity index (χ1n) is 12.8. The minimum Gasteiger partial charge on any atom is -0.389 e. The number of hydrogen-bond donors (Lipinski definition) is 1. The third-order valence-corrected chi connectivity index (χ3v) is 7.28. The zero-order chi connectivity index (χ0) is 24.9. The highest BCUT2D eigenvalue weighted by Gasteiger charge is 2.40. The van der Waals surface area contributed by atoms with E-state index in [1.807, 2.05) is 23.1 Å². The Bertz CT molecular complexity index is 1020. The minimum absolute atomic E-state index is 0.106. The molecule has 36 heavy (non-hydrogen) atoms. The van der Waals surface area contributed by atoms with Gasteiger partial charge in [-0.15, -0.1) is 0 Å². The fourth-order valence-corrected chi connectivity index (χ4v) is 5.39. The van der Waals surface area contributed by atoms with E-state index in [0.29, 0.717) is 38.0 Å². The fourth-order valence-electron chi connectivity index (χ4n) is 5.39. The Morgan fingerprint density at radius 3 is 2.50 bits per heavy atom. The van der Waals surface area contributed by atoms with Crippen molar-refractivity contribution in [3.05, 3.63) is 60.4 Å². The molecule has 1 N–H and O–H groups in total. The summed E-state index contributed by atoms with van der Waals surface area (Å²) in [6, 6.07) is 15.3. The van der Waals surface area contributed by atoms with Gasteiger partial charge in [-0.05, 0) is 37.1 Å². The number of amides is 2. The maximum Gasteiger partial charge on any atom is 0.272 e. The molecule has 4 atom stereocenters. The molecule has 2 aromatic rings. The van der Waals surface area contributed by atoms with Crippen LogP contribution in [0, 0.1) is 0 Å². The standard InChI is InChI=1S/C27H34N4O5/c32-21-17-31(27(34)23-8-4-5-11-28-23)24-10-9-22(36-25(24)19-35-18-21)16-26(33)30-14-12-29(13-15-30)20-6-2-1-3-7-20/h1-8,11,21-22,24-25,32H,9-10,12-19H2/t21-,22+,24-,25+/m0/s1. The fraction of sp³-hybridized carbons (Fsp3) is 0.519. The van der Waals surface area contributed by atoms with Crippen molar-refractivity contribution in [3.8, 4) is 0 Å². The summed E-state index contributed by atoms with van der Waals surface area (Å²) in [6.45, 7) is 3.58. The summed E-state index contributed by atoms with van der Waals surface area (Å²) < 4.78 is 12.0. The number of aliphatic hydroxyl groups is 1. The largest absolute Gasteiger partial charge is 0.389 e. The van der Waals surface area contributed by atoms with Crippen molar-refractivity contribution >= 4 is 17.5 Å². The van der Waals surface area contributed by atoms with Crippen LogP contribution in [0.4, 0.5) is 5.69 Å². The average Bonchev–Trinajstić information content (AvgIpc) is 2.92. The maximum absolute atomic E-state index is 13.3. The molecule has 0 saturated carbocycles. The summed E-state index contributed by atoms with van der Waals surface area (Å²) in [5, 5.41) is 10.3. The topological polar surface area (TPSA) is 95.4 Å². The van der Waals surface area contributed by atoms with Crippen LogP contribution in [0.3, 0.4) is 0 Å². The van der Waals surface area contributed by atoms with Gasteiger partial charge < -0.3 is 29.3 Å². The number of aliphatic hydroxyl groups excluding tert-OH is 1. The van der Waals surface area contributed by atoms with Gasteiger partial charge in [0.05, 0.1) is 37.9 Å². The number of piperazine rings is 1. The number of carbonyl (C=O) groups is 2. The minimum atomic E-state index is -0.771. The number of β-amino-alcohol motifs (C(OH)–C–C–N with tert-alkyl or cyclic N) is 1. The number of nitrogens with zero attached hydrogens (tertiary/aromatic N) is 4. The number of rotatable bonds is 4. The first kappa shape index (κ1) is 24.7. The first-order valence-corrected chi connectivity index (χ1v) is 12.8. The normalized spacial score (nSPS) is 27.1. The van der Waals surface area contributed by atoms with Crippen LogP contribution in [0.25, 0.3) is 0 Å². The highest BCUT2D eigenvalue weighted by molar-refractivity contribution is 5.92. The molecule has 3 aliphatic heterocycles. The van der Waals surface area contributed by atoms with Crippen LogP contribution in [0.1, 0.15) is 29.8 Å². The van der Waals surface area contributed by atoms with Crippen LogP contribution in [-0.4, -0.2) is 102 Å². The second kappa shape index (κ2) is 11.4. The Labute approximate surface area is 211 Å². The number of benzene rings is 1. The Balaban J connectivity index is 1.18. The van der Waals surface area contributed by atoms with Crippen LogP contribution in [-0.2, 0) is 14.3 Å². The Morgan fingerprint density at radius 2 is 1.75 bits per heavy atom. The van der Waals surface area contributed by atoms with Crippen molar-refractivity contribution < 1.29 is 24.2 Å². The maximum atomic E-state index is 13.3. The predicted octanol–water partition coefficient (Wildman–Crippen LogP) is 1.57. The molecule has 3 fully saturated rings. The van der Waals surface area contributed by atoms with E-state index in [2.05, 4.69) is 22.0 Å². The molecule has 192 valence electrons. The number of fused-ring (bicyclic) bond motifs is 1. The van der Waals surface area contributed by atoms with Crippen molar-refractivity contribution in [1.82, 2.24) is 14.8 Å². The smallest absolute Gasteiger partial charge is 0.272 e. The molecular formula is C27H34N4O5. The number of anilines is 1. The van der Waals surface area contributed by atoms with Gasteiger partial charge in [0.15, 0.2) is 0 Å². The third kappa shape index (κ3) is 5.69. The second-order valence-corrected chi connectivity index (χ2v) is 9.71. The summed E-state index contributed by atoms with van der Waals surface area (Å²) in [4.78, 5) is 36.5. The Hall–Kier alpha value is -3.01. The molecule has 1 aromatic heterocycles. The summed E-state index contributed by atoms with van der Waals surface area (Å²) in [6.07, 6.45) is 1.92. The molecule has 9 heteroatoms. The second-order valence-electron chi connectivity index (χ2n) is 9.71. The van der Waals surface area contributed by atoms with Crippen molar-refractivity contribution in [2.75, 3.05) is 50.8 Å². The van der Waals surface area contributed by atoms with Crippen molar-refractivity contribution in [1.29, 1.82) is 0 Å². The van der Waals surface area contributed by atoms with Gasteiger partial charge in [0, 0.05) is 44.6 Å². The number of ether oxygens (including phenoxy) is 2. The highest BCUT2D eigenvalue weighted by Crippen LogP contribution is 2.29. The van der Waals surface area contributed by atoms with Crippen LogP contribution in [0.5, 0.6) is 0 Å². The summed E-state index contributed by atoms with van der Waals surface area (Å²) in [5.74, 6) is -0.115. The van der Waals surface area contributed by atoms with Gasteiger partial charge in [0.2, 0.25) is 5.91 Å². The highest BCUT2D eigenvalue weighted by atomic mass is 16.5. The molecule has 0 aliphatic carbocycles. The lowest BCUT2D eigenvalue weighted by molar-refractivity contribution is -0.155. The van der Waals surface area contributed by atoms with E-state index in [1.165, 1.54) is 5.69 Å². The quantitative estimate of drug-likeness (QED) is 0.689. The Morgan fingerprint density at radius 1 is 0.972 bits per heavy atom. The molecule has 3 saturated heterocycles. The molecule has 0 unspecified atom stereocenters. The summed E-state index contributed by atoms with van der Waals surface area (Å²) >= 11 is 0. The van der Waals surface area contributed by atoms with Crippen molar-refractivity contribution in [2.24, 2.45) is 0 Å². The molecule has 0 bridgehead atoms. The van der Waals surface area contributed by atoms with E-state index in [-0.39, 0.29) is 49.8 Å². The van der Waals surface area contributed by atoms with Crippen LogP contribution >= 0.6 is 0 Å². The number of aromatic nitrogens is 1. The number of carbonyl (C=O) groups excluding carboxylic acids is 2. The van der Waals surface area contributed by atoms with Crippen molar-refractivity contribution in [2.45, 2.75) is 43.6 Å². The van der Waals surface area contributed by atoms with E-state index >= 15 is 0 Å². The van der Waals surface area contributed by atoms with Crippen molar-refractivity contribution in [3.63, 3.8) is 0 Å². The van der Waals surface area contributed by atoms with E-state index in [0.717, 1.165) is 13.1 Å². The lowest BCUT2D eigenvalue weighted by Gasteiger charge is -2.44. The summed E-state index contributed by atoms with van der Waals surface area (Å²) in [7, 11) is 0. The van der Waals surface area contributed by atoms with Crippen LogP contribution in [0.15, 0.2) is 54.7 Å². The number of hydrogen-bond acceptors (Lipinski definition) is 7. The average molecular weight is 495 g/mol.